The lowest BCUT2D eigenvalue weighted by molar-refractivity contribution is -0.132. The van der Waals surface area contributed by atoms with Gasteiger partial charge in [0, 0.05) is 70.6 Å². The van der Waals surface area contributed by atoms with E-state index in [4.69, 9.17) is 20.2 Å². The summed E-state index contributed by atoms with van der Waals surface area (Å²) < 4.78 is 11.1. The fraction of sp³-hybridized carbons (Fsp3) is 0.500. The molecule has 2 fully saturated rings. The van der Waals surface area contributed by atoms with E-state index in [9.17, 15) is 4.79 Å². The molecule has 3 atom stereocenters. The second-order valence-corrected chi connectivity index (χ2v) is 9.99. The maximum Gasteiger partial charge on any atom is 0.239 e. The van der Waals surface area contributed by atoms with Crippen molar-refractivity contribution in [2.45, 2.75) is 38.0 Å². The summed E-state index contributed by atoms with van der Waals surface area (Å²) in [5.41, 5.74) is 11.4. The maximum atomic E-state index is 12.2. The van der Waals surface area contributed by atoms with Crippen LogP contribution in [0.25, 0.3) is 0 Å². The number of hydrogen-bond acceptors (Lipinski definition) is 7. The number of carbonyl (C=O) groups excluding carboxylic acids is 1. The van der Waals surface area contributed by atoms with Crippen LogP contribution < -0.4 is 15.4 Å². The minimum atomic E-state index is -0.443. The molecule has 2 saturated heterocycles. The van der Waals surface area contributed by atoms with E-state index in [2.05, 4.69) is 40.1 Å². The van der Waals surface area contributed by atoms with Crippen molar-refractivity contribution < 1.29 is 14.3 Å². The number of amides is 1. The van der Waals surface area contributed by atoms with Crippen LogP contribution in [0.3, 0.4) is 0 Å². The van der Waals surface area contributed by atoms with Crippen molar-refractivity contribution in [1.82, 2.24) is 9.80 Å². The van der Waals surface area contributed by atoms with Crippen molar-refractivity contribution in [3.05, 3.63) is 53.6 Å². The van der Waals surface area contributed by atoms with Crippen molar-refractivity contribution in [3.63, 3.8) is 0 Å². The van der Waals surface area contributed by atoms with E-state index in [0.29, 0.717) is 13.1 Å². The van der Waals surface area contributed by atoms with E-state index in [-0.39, 0.29) is 18.1 Å². The highest BCUT2D eigenvalue weighted by Crippen LogP contribution is 2.41. The number of piperazine rings is 1. The van der Waals surface area contributed by atoms with Crippen molar-refractivity contribution >= 4 is 23.0 Å². The number of carbonyl (C=O) groups is 1. The van der Waals surface area contributed by atoms with Gasteiger partial charge in [-0.3, -0.25) is 14.7 Å². The lowest BCUT2D eigenvalue weighted by Gasteiger charge is -2.37. The Morgan fingerprint density at radius 2 is 1.81 bits per heavy atom. The summed E-state index contributed by atoms with van der Waals surface area (Å²) in [4.78, 5) is 24.0. The van der Waals surface area contributed by atoms with Gasteiger partial charge in [0.2, 0.25) is 5.91 Å². The van der Waals surface area contributed by atoms with Gasteiger partial charge >= 0.3 is 0 Å². The number of methoxy groups -OCH3 is 2. The third-order valence-electron chi connectivity index (χ3n) is 7.74. The molecule has 8 heteroatoms. The largest absolute Gasteiger partial charge is 0.497 e. The first kappa shape index (κ1) is 24.7. The van der Waals surface area contributed by atoms with Gasteiger partial charge in [-0.05, 0) is 42.7 Å². The van der Waals surface area contributed by atoms with Crippen molar-refractivity contribution in [3.8, 4) is 5.75 Å². The minimum Gasteiger partial charge on any atom is -0.497 e. The Balaban J connectivity index is 1.34. The Bertz CT molecular complexity index is 1110. The lowest BCUT2D eigenvalue weighted by atomic mass is 9.91. The molecule has 0 radical (unpaired) electrons. The van der Waals surface area contributed by atoms with E-state index in [1.54, 1.807) is 21.1 Å². The Hall–Kier alpha value is -2.94. The molecule has 3 aliphatic heterocycles. The summed E-state index contributed by atoms with van der Waals surface area (Å²) in [5, 5.41) is 0. The average Bonchev–Trinajstić information content (AvgIpc) is 3.41. The topological polar surface area (TPSA) is 83.6 Å². The van der Waals surface area contributed by atoms with Crippen LogP contribution in [0.4, 0.5) is 11.4 Å². The summed E-state index contributed by atoms with van der Waals surface area (Å²) in [6, 6.07) is 14.8. The Morgan fingerprint density at radius 3 is 2.44 bits per heavy atom. The molecule has 0 spiro atoms. The first-order valence-electron chi connectivity index (χ1n) is 12.9. The van der Waals surface area contributed by atoms with Crippen molar-refractivity contribution in [2.75, 3.05) is 58.4 Å². The lowest BCUT2D eigenvalue weighted by Crippen LogP contribution is -2.52. The molecule has 5 rings (SSSR count). The highest BCUT2D eigenvalue weighted by Gasteiger charge is 2.34. The monoisotopic (exact) mass is 491 g/mol. The van der Waals surface area contributed by atoms with Gasteiger partial charge in [0.05, 0.1) is 30.7 Å². The smallest absolute Gasteiger partial charge is 0.239 e. The van der Waals surface area contributed by atoms with Gasteiger partial charge in [-0.2, -0.15) is 0 Å². The van der Waals surface area contributed by atoms with Gasteiger partial charge in [0.25, 0.3) is 0 Å². The molecule has 0 aromatic heterocycles. The predicted molar refractivity (Wildman–Crippen MR) is 142 cm³/mol. The van der Waals surface area contributed by atoms with Gasteiger partial charge in [-0.1, -0.05) is 18.2 Å². The molecular formula is C28H37N5O3. The molecule has 3 heterocycles. The number of ether oxygens (including phenoxy) is 2. The number of aliphatic imine (C=N–C) groups is 1. The van der Waals surface area contributed by atoms with Crippen LogP contribution >= 0.6 is 0 Å². The number of nitrogens with zero attached hydrogens (tertiary/aromatic N) is 4. The number of fused-ring (bicyclic) bond motifs is 1. The molecule has 3 unspecified atom stereocenters. The van der Waals surface area contributed by atoms with Crippen molar-refractivity contribution in [1.29, 1.82) is 0 Å². The quantitative estimate of drug-likeness (QED) is 0.669. The third kappa shape index (κ3) is 4.98. The number of anilines is 1. The number of benzene rings is 2. The van der Waals surface area contributed by atoms with Gasteiger partial charge in [-0.15, -0.1) is 0 Å². The van der Waals surface area contributed by atoms with E-state index in [1.807, 2.05) is 17.0 Å². The highest BCUT2D eigenvalue weighted by atomic mass is 16.5. The van der Waals surface area contributed by atoms with Crippen LogP contribution in [0, 0.1) is 0 Å². The fourth-order valence-electron chi connectivity index (χ4n) is 5.59. The van der Waals surface area contributed by atoms with E-state index in [1.165, 1.54) is 11.3 Å². The van der Waals surface area contributed by atoms with Gasteiger partial charge in [-0.25, -0.2) is 0 Å². The summed E-state index contributed by atoms with van der Waals surface area (Å²) in [5.74, 6) is 0.854. The first-order chi connectivity index (χ1) is 17.5. The summed E-state index contributed by atoms with van der Waals surface area (Å²) in [6.45, 7) is 6.74. The SMILES string of the molecule is COc1ccc2c(c1)N=C(c1ccc(N3CCN(C(=O)C(C)N)CC3)cc1)CC2N1CCC(OC)C1. The second kappa shape index (κ2) is 10.6. The van der Waals surface area contributed by atoms with E-state index >= 15 is 0 Å². The number of rotatable bonds is 6. The molecule has 36 heavy (non-hydrogen) atoms. The molecule has 1 amide bonds. The normalized spacial score (nSPS) is 23.3. The summed E-state index contributed by atoms with van der Waals surface area (Å²) in [6.07, 6.45) is 2.22. The standard InChI is InChI=1S/C28H37N5O3/c1-19(29)28(34)32-14-12-31(13-15-32)21-6-4-20(5-7-21)25-17-27(33-11-10-23(18-33)36-3)24-9-8-22(35-2)16-26(24)30-25/h4-9,16,19,23,27H,10-15,17-18,29H2,1-3H3. The molecule has 2 N–H and O–H groups in total. The average molecular weight is 492 g/mol. The van der Waals surface area contributed by atoms with Crippen LogP contribution in [0.5, 0.6) is 5.75 Å². The molecule has 2 aromatic carbocycles. The first-order valence-corrected chi connectivity index (χ1v) is 12.9. The zero-order valence-electron chi connectivity index (χ0n) is 21.5. The molecule has 2 aromatic rings. The Morgan fingerprint density at radius 1 is 1.06 bits per heavy atom. The predicted octanol–water partition coefficient (Wildman–Crippen LogP) is 2.98. The fourth-order valence-corrected chi connectivity index (χ4v) is 5.59. The van der Waals surface area contributed by atoms with Crippen LogP contribution in [0.2, 0.25) is 0 Å². The molecule has 0 bridgehead atoms. The van der Waals surface area contributed by atoms with Gasteiger partial charge < -0.3 is 25.0 Å². The van der Waals surface area contributed by atoms with Gasteiger partial charge in [0.1, 0.15) is 5.75 Å². The van der Waals surface area contributed by atoms with E-state index < -0.39 is 6.04 Å². The molecular weight excluding hydrogens is 454 g/mol. The summed E-state index contributed by atoms with van der Waals surface area (Å²) >= 11 is 0. The van der Waals surface area contributed by atoms with Crippen LogP contribution in [-0.4, -0.2) is 87.1 Å². The van der Waals surface area contributed by atoms with Crippen LogP contribution in [-0.2, 0) is 9.53 Å². The minimum absolute atomic E-state index is 0.0293. The Labute approximate surface area is 213 Å². The highest BCUT2D eigenvalue weighted by molar-refractivity contribution is 6.04. The number of nitrogens with two attached hydrogens (primary N) is 1. The Kier molecular flexibility index (Phi) is 7.27. The molecule has 192 valence electrons. The van der Waals surface area contributed by atoms with Crippen LogP contribution in [0.1, 0.15) is 36.9 Å². The maximum absolute atomic E-state index is 12.2. The summed E-state index contributed by atoms with van der Waals surface area (Å²) in [7, 11) is 3.50. The zero-order chi connectivity index (χ0) is 25.2. The number of likely N-dealkylation sites (tertiary alicyclic amines) is 1. The zero-order valence-corrected chi connectivity index (χ0v) is 21.5. The van der Waals surface area contributed by atoms with E-state index in [0.717, 1.165) is 61.7 Å². The van der Waals surface area contributed by atoms with Gasteiger partial charge in [0.15, 0.2) is 0 Å². The van der Waals surface area contributed by atoms with Crippen molar-refractivity contribution in [2.24, 2.45) is 10.7 Å². The molecule has 0 saturated carbocycles. The number of hydrogen-bond donors (Lipinski definition) is 1. The molecule has 3 aliphatic rings. The molecule has 0 aliphatic carbocycles. The second-order valence-electron chi connectivity index (χ2n) is 9.99. The molecule has 8 nitrogen and oxygen atoms in total. The third-order valence-corrected chi connectivity index (χ3v) is 7.74. The van der Waals surface area contributed by atoms with Crippen LogP contribution in [0.15, 0.2) is 47.5 Å².